The third kappa shape index (κ3) is 16.9. The molecule has 3 aromatic carbocycles. The Kier molecular flexibility index (Phi) is 17.7. The summed E-state index contributed by atoms with van der Waals surface area (Å²) in [6.07, 6.45) is -0.177. The van der Waals surface area contributed by atoms with Crippen molar-refractivity contribution in [2.24, 2.45) is 11.8 Å². The summed E-state index contributed by atoms with van der Waals surface area (Å²) in [6, 6.07) is 21.3. The van der Waals surface area contributed by atoms with E-state index in [1.54, 1.807) is 69.3 Å². The zero-order valence-electron chi connectivity index (χ0n) is 34.0. The maximum atomic E-state index is 14.1. The van der Waals surface area contributed by atoms with Gasteiger partial charge in [-0.3, -0.25) is 19.2 Å². The van der Waals surface area contributed by atoms with E-state index < -0.39 is 71.5 Å². The Bertz CT molecular complexity index is 1760. The lowest BCUT2D eigenvalue weighted by Crippen LogP contribution is -2.60. The molecule has 57 heavy (non-hydrogen) atoms. The van der Waals surface area contributed by atoms with E-state index >= 15 is 0 Å². The Hall–Kier alpha value is -5.72. The lowest BCUT2D eigenvalue weighted by atomic mass is 9.98. The quantitative estimate of drug-likeness (QED) is 0.0948. The van der Waals surface area contributed by atoms with Crippen LogP contribution in [0.2, 0.25) is 0 Å². The van der Waals surface area contributed by atoms with Crippen molar-refractivity contribution in [2.75, 3.05) is 0 Å². The fourth-order valence-electron chi connectivity index (χ4n) is 6.11. The number of benzene rings is 3. The zero-order chi connectivity index (χ0) is 42.1. The average molecular weight is 786 g/mol. The van der Waals surface area contributed by atoms with Gasteiger partial charge in [0.25, 0.3) is 0 Å². The Balaban J connectivity index is 1.87. The summed E-state index contributed by atoms with van der Waals surface area (Å²) in [5, 5.41) is 23.6. The van der Waals surface area contributed by atoms with E-state index in [4.69, 9.17) is 4.74 Å². The number of ether oxygens (including phenoxy) is 1. The van der Waals surface area contributed by atoms with Gasteiger partial charge in [-0.15, -0.1) is 0 Å². The molecule has 3 aromatic rings. The zero-order valence-corrected chi connectivity index (χ0v) is 34.0. The predicted molar refractivity (Wildman–Crippen MR) is 218 cm³/mol. The van der Waals surface area contributed by atoms with Crippen LogP contribution < -0.4 is 26.6 Å². The molecule has 5 atom stereocenters. The minimum absolute atomic E-state index is 0.0411. The van der Waals surface area contributed by atoms with Crippen LogP contribution in [-0.4, -0.2) is 76.6 Å². The second-order valence-electron chi connectivity index (χ2n) is 16.1. The van der Waals surface area contributed by atoms with Crippen LogP contribution in [0.25, 0.3) is 0 Å². The van der Waals surface area contributed by atoms with Gasteiger partial charge in [0.2, 0.25) is 23.6 Å². The molecule has 0 aliphatic carbocycles. The molecule has 13 nitrogen and oxygen atoms in total. The minimum Gasteiger partial charge on any atom is -0.480 e. The Morgan fingerprint density at radius 1 is 0.491 bits per heavy atom. The summed E-state index contributed by atoms with van der Waals surface area (Å²) in [4.78, 5) is 80.9. The maximum absolute atomic E-state index is 14.1. The molecule has 3 rings (SSSR count). The van der Waals surface area contributed by atoms with Crippen molar-refractivity contribution >= 4 is 35.7 Å². The number of amides is 5. The van der Waals surface area contributed by atoms with Gasteiger partial charge in [-0.05, 0) is 62.1 Å². The van der Waals surface area contributed by atoms with Gasteiger partial charge in [-0.2, -0.15) is 0 Å². The average Bonchev–Trinajstić information content (AvgIpc) is 3.13. The first-order valence-corrected chi connectivity index (χ1v) is 19.5. The van der Waals surface area contributed by atoms with Crippen molar-refractivity contribution < 1.29 is 38.6 Å². The number of carbonyl (C=O) groups is 6. The van der Waals surface area contributed by atoms with Crippen LogP contribution in [0.1, 0.15) is 78.0 Å². The highest BCUT2D eigenvalue weighted by Gasteiger charge is 2.34. The van der Waals surface area contributed by atoms with Crippen LogP contribution >= 0.6 is 0 Å². The van der Waals surface area contributed by atoms with Gasteiger partial charge in [-0.1, -0.05) is 119 Å². The van der Waals surface area contributed by atoms with Crippen molar-refractivity contribution in [3.8, 4) is 0 Å². The largest absolute Gasteiger partial charge is 0.480 e. The Morgan fingerprint density at radius 3 is 1.12 bits per heavy atom. The number of alkyl carbamates (subject to hydrolysis) is 1. The highest BCUT2D eigenvalue weighted by Crippen LogP contribution is 2.13. The monoisotopic (exact) mass is 785 g/mol. The van der Waals surface area contributed by atoms with E-state index in [0.717, 1.165) is 16.7 Å². The van der Waals surface area contributed by atoms with Gasteiger partial charge in [0.15, 0.2) is 0 Å². The van der Waals surface area contributed by atoms with Crippen molar-refractivity contribution in [2.45, 2.75) is 116 Å². The van der Waals surface area contributed by atoms with Crippen LogP contribution in [0.15, 0.2) is 91.0 Å². The highest BCUT2D eigenvalue weighted by atomic mass is 16.6. The summed E-state index contributed by atoms with van der Waals surface area (Å²) in [5.41, 5.74) is 1.40. The number of hydrogen-bond donors (Lipinski definition) is 6. The number of carboxylic acids is 1. The molecule has 0 aromatic heterocycles. The molecule has 13 heteroatoms. The van der Waals surface area contributed by atoms with Gasteiger partial charge in [0.05, 0.1) is 0 Å². The van der Waals surface area contributed by atoms with E-state index in [0.29, 0.717) is 0 Å². The second-order valence-corrected chi connectivity index (χ2v) is 16.1. The first kappa shape index (κ1) is 45.7. The molecular formula is C44H59N5O8. The summed E-state index contributed by atoms with van der Waals surface area (Å²) < 4.78 is 5.43. The lowest BCUT2D eigenvalue weighted by Gasteiger charge is -2.28. The number of rotatable bonds is 20. The lowest BCUT2D eigenvalue weighted by molar-refractivity contribution is -0.142. The van der Waals surface area contributed by atoms with Gasteiger partial charge < -0.3 is 36.4 Å². The molecule has 0 heterocycles. The minimum atomic E-state index is -1.25. The van der Waals surface area contributed by atoms with Crippen LogP contribution in [0.5, 0.6) is 0 Å². The number of hydrogen-bond acceptors (Lipinski definition) is 7. The predicted octanol–water partition coefficient (Wildman–Crippen LogP) is 4.72. The third-order valence-electron chi connectivity index (χ3n) is 8.78. The van der Waals surface area contributed by atoms with Crippen LogP contribution in [-0.2, 0) is 48.0 Å². The Labute approximate surface area is 336 Å². The van der Waals surface area contributed by atoms with Gasteiger partial charge in [-0.25, -0.2) is 9.59 Å². The molecule has 0 saturated carbocycles. The maximum Gasteiger partial charge on any atom is 0.408 e. The van der Waals surface area contributed by atoms with E-state index in [9.17, 15) is 33.9 Å². The molecule has 5 amide bonds. The molecule has 0 radical (unpaired) electrons. The standard InChI is InChI=1S/C44H59N5O8/c1-28(2)23-33(46-41(53)36(26-31-19-13-9-14-20-31)49-43(56)57-44(5,6)7)38(50)47-35(25-30-17-11-8-12-18-30)40(52)45-34(24-29(3)4)39(51)48-37(42(54)55)27-32-21-15-10-16-22-32/h8-22,28-29,33-37H,23-27H2,1-7H3,(H,45,52)(H,46,53)(H,47,50)(H,48,51)(H,49,56)(H,54,55)/t33-,34-,35+,36+,37+/m1/s1. The van der Waals surface area contributed by atoms with E-state index in [1.807, 2.05) is 70.2 Å². The molecule has 6 N–H and O–H groups in total. The highest BCUT2D eigenvalue weighted by molar-refractivity contribution is 5.96. The number of carbonyl (C=O) groups excluding carboxylic acids is 5. The summed E-state index contributed by atoms with van der Waals surface area (Å²) in [7, 11) is 0. The first-order chi connectivity index (χ1) is 26.9. The van der Waals surface area contributed by atoms with Crippen LogP contribution in [0.4, 0.5) is 4.79 Å². The van der Waals surface area contributed by atoms with E-state index in [-0.39, 0.29) is 43.9 Å². The van der Waals surface area contributed by atoms with E-state index in [2.05, 4.69) is 26.6 Å². The topological polar surface area (TPSA) is 192 Å². The fraction of sp³-hybridized carbons (Fsp3) is 0.455. The molecular weight excluding hydrogens is 727 g/mol. The van der Waals surface area contributed by atoms with Crippen molar-refractivity contribution in [1.29, 1.82) is 0 Å². The van der Waals surface area contributed by atoms with Crippen molar-refractivity contribution in [3.63, 3.8) is 0 Å². The smallest absolute Gasteiger partial charge is 0.408 e. The summed E-state index contributed by atoms with van der Waals surface area (Å²) in [6.45, 7) is 12.6. The molecule has 0 bridgehead atoms. The number of nitrogens with one attached hydrogen (secondary N) is 5. The van der Waals surface area contributed by atoms with Crippen molar-refractivity contribution in [1.82, 2.24) is 26.6 Å². The number of aliphatic carboxylic acids is 1. The molecule has 0 unspecified atom stereocenters. The summed E-state index contributed by atoms with van der Waals surface area (Å²) >= 11 is 0. The molecule has 308 valence electrons. The molecule has 0 aliphatic rings. The van der Waals surface area contributed by atoms with Gasteiger partial charge >= 0.3 is 12.1 Å². The molecule has 0 fully saturated rings. The van der Waals surface area contributed by atoms with Crippen LogP contribution in [0.3, 0.4) is 0 Å². The molecule has 0 spiro atoms. The van der Waals surface area contributed by atoms with Gasteiger partial charge in [0, 0.05) is 19.3 Å². The Morgan fingerprint density at radius 2 is 0.789 bits per heavy atom. The normalized spacial score (nSPS) is 14.0. The summed E-state index contributed by atoms with van der Waals surface area (Å²) in [5.74, 6) is -3.94. The fourth-order valence-corrected chi connectivity index (χ4v) is 6.11. The third-order valence-corrected chi connectivity index (χ3v) is 8.78. The second kappa shape index (κ2) is 22.1. The first-order valence-electron chi connectivity index (χ1n) is 19.5. The number of carboxylic acid groups (broad SMARTS) is 1. The van der Waals surface area contributed by atoms with Crippen LogP contribution in [0, 0.1) is 11.8 Å². The van der Waals surface area contributed by atoms with E-state index in [1.165, 1.54) is 0 Å². The van der Waals surface area contributed by atoms with Gasteiger partial charge in [0.1, 0.15) is 35.8 Å². The van der Waals surface area contributed by atoms with Crippen molar-refractivity contribution in [3.05, 3.63) is 108 Å². The molecule has 0 saturated heterocycles. The molecule has 0 aliphatic heterocycles. The SMILES string of the molecule is CC(C)C[C@@H](NC(=O)[C@H](Cc1ccccc1)NC(=O)[C@@H](CC(C)C)NC(=O)[C@H](Cc1ccccc1)NC(=O)OC(C)(C)C)C(=O)N[C@@H](Cc1ccccc1)C(=O)O.